The molecule has 0 fully saturated rings. The molecule has 156 valence electrons. The molecule has 0 aliphatic heterocycles. The van der Waals surface area contributed by atoms with Crippen molar-refractivity contribution < 1.29 is 13.2 Å². The second kappa shape index (κ2) is 8.71. The monoisotopic (exact) mass is 422 g/mol. The maximum absolute atomic E-state index is 12.7. The van der Waals surface area contributed by atoms with Crippen molar-refractivity contribution in [3.05, 3.63) is 94.5 Å². The number of nitrogens with one attached hydrogen (secondary N) is 2. The highest BCUT2D eigenvalue weighted by Gasteiger charge is 2.17. The van der Waals surface area contributed by atoms with E-state index < -0.39 is 10.0 Å². The lowest BCUT2D eigenvalue weighted by Crippen LogP contribution is -2.27. The van der Waals surface area contributed by atoms with Gasteiger partial charge < -0.3 is 5.32 Å². The molecule has 0 bridgehead atoms. The molecule has 0 spiro atoms. The maximum Gasteiger partial charge on any atom is 0.261 e. The Labute approximate surface area is 178 Å². The Bertz CT molecular complexity index is 1170. The van der Waals surface area contributed by atoms with Gasteiger partial charge in [0.25, 0.3) is 15.9 Å². The molecular weight excluding hydrogens is 396 g/mol. The lowest BCUT2D eigenvalue weighted by molar-refractivity contribution is 0.0939. The van der Waals surface area contributed by atoms with Crippen molar-refractivity contribution in [3.63, 3.8) is 0 Å². The number of rotatable bonds is 6. The van der Waals surface area contributed by atoms with E-state index in [1.165, 1.54) is 12.1 Å². The number of carbonyl (C=O) groups is 1. The predicted molar refractivity (Wildman–Crippen MR) is 120 cm³/mol. The third-order valence-corrected chi connectivity index (χ3v) is 6.42. The molecule has 0 aromatic heterocycles. The quantitative estimate of drug-likeness (QED) is 0.593. The van der Waals surface area contributed by atoms with Crippen LogP contribution in [0.25, 0.3) is 0 Å². The van der Waals surface area contributed by atoms with Crippen LogP contribution in [0.1, 0.15) is 45.6 Å². The summed E-state index contributed by atoms with van der Waals surface area (Å²) in [5.41, 5.74) is 4.93. The number of amides is 1. The molecule has 6 heteroatoms. The minimum atomic E-state index is -3.68. The Balaban J connectivity index is 1.76. The Morgan fingerprint density at radius 2 is 1.57 bits per heavy atom. The van der Waals surface area contributed by atoms with Gasteiger partial charge in [-0.1, -0.05) is 42.0 Å². The van der Waals surface area contributed by atoms with Crippen molar-refractivity contribution >= 4 is 21.6 Å². The van der Waals surface area contributed by atoms with E-state index in [2.05, 4.69) is 16.1 Å². The van der Waals surface area contributed by atoms with Crippen LogP contribution in [-0.2, 0) is 10.0 Å². The van der Waals surface area contributed by atoms with Crippen molar-refractivity contribution in [3.8, 4) is 0 Å². The fourth-order valence-corrected chi connectivity index (χ4v) is 4.46. The van der Waals surface area contributed by atoms with Crippen LogP contribution >= 0.6 is 0 Å². The van der Waals surface area contributed by atoms with E-state index in [4.69, 9.17) is 0 Å². The first-order chi connectivity index (χ1) is 14.2. The molecule has 1 atom stereocenters. The van der Waals surface area contributed by atoms with E-state index in [0.29, 0.717) is 16.8 Å². The van der Waals surface area contributed by atoms with Crippen LogP contribution in [0.4, 0.5) is 5.69 Å². The summed E-state index contributed by atoms with van der Waals surface area (Å²) in [5.74, 6) is -0.205. The van der Waals surface area contributed by atoms with Gasteiger partial charge in [-0.05, 0) is 74.7 Å². The molecule has 3 aromatic rings. The summed E-state index contributed by atoms with van der Waals surface area (Å²) in [6, 6.07) is 19.1. The normalized spacial score (nSPS) is 12.3. The van der Waals surface area contributed by atoms with Crippen LogP contribution in [0.5, 0.6) is 0 Å². The van der Waals surface area contributed by atoms with E-state index in [0.717, 1.165) is 16.7 Å². The second-order valence-electron chi connectivity index (χ2n) is 7.50. The molecule has 0 aliphatic rings. The van der Waals surface area contributed by atoms with Crippen LogP contribution in [0.15, 0.2) is 71.6 Å². The molecule has 5 nitrogen and oxygen atoms in total. The van der Waals surface area contributed by atoms with E-state index in [-0.39, 0.29) is 16.8 Å². The first-order valence-corrected chi connectivity index (χ1v) is 11.2. The smallest absolute Gasteiger partial charge is 0.261 e. The predicted octanol–water partition coefficient (Wildman–Crippen LogP) is 4.90. The van der Waals surface area contributed by atoms with Gasteiger partial charge in [-0.25, -0.2) is 8.42 Å². The van der Waals surface area contributed by atoms with Gasteiger partial charge in [0.2, 0.25) is 0 Å². The van der Waals surface area contributed by atoms with Gasteiger partial charge in [-0.3, -0.25) is 9.52 Å². The molecule has 3 aromatic carbocycles. The van der Waals surface area contributed by atoms with Crippen LogP contribution in [0.2, 0.25) is 0 Å². The average molecular weight is 423 g/mol. The molecule has 1 amide bonds. The van der Waals surface area contributed by atoms with Crippen molar-refractivity contribution in [2.75, 3.05) is 4.72 Å². The van der Waals surface area contributed by atoms with Gasteiger partial charge >= 0.3 is 0 Å². The first kappa shape index (κ1) is 21.6. The zero-order valence-corrected chi connectivity index (χ0v) is 18.4. The average Bonchev–Trinajstić information content (AvgIpc) is 2.71. The molecule has 0 aliphatic carbocycles. The lowest BCUT2D eigenvalue weighted by atomic mass is 9.99. The molecule has 0 unspecified atom stereocenters. The Kier molecular flexibility index (Phi) is 6.27. The zero-order chi connectivity index (χ0) is 21.9. The number of carbonyl (C=O) groups excluding carboxylic acids is 1. The Hall–Kier alpha value is -3.12. The summed E-state index contributed by atoms with van der Waals surface area (Å²) < 4.78 is 27.7. The largest absolute Gasteiger partial charge is 0.346 e. The summed E-state index contributed by atoms with van der Waals surface area (Å²) in [7, 11) is -3.68. The summed E-state index contributed by atoms with van der Waals surface area (Å²) >= 11 is 0. The summed E-state index contributed by atoms with van der Waals surface area (Å²) in [4.78, 5) is 12.9. The van der Waals surface area contributed by atoms with Gasteiger partial charge in [0, 0.05) is 5.56 Å². The third-order valence-electron chi connectivity index (χ3n) is 5.04. The Morgan fingerprint density at radius 3 is 2.23 bits per heavy atom. The highest BCUT2D eigenvalue weighted by Crippen LogP contribution is 2.23. The summed E-state index contributed by atoms with van der Waals surface area (Å²) in [6.45, 7) is 7.77. The molecule has 2 N–H and O–H groups in total. The van der Waals surface area contributed by atoms with Gasteiger partial charge in [-0.15, -0.1) is 0 Å². The minimum absolute atomic E-state index is 0.144. The highest BCUT2D eigenvalue weighted by atomic mass is 32.2. The van der Waals surface area contributed by atoms with Gasteiger partial charge in [0.1, 0.15) is 0 Å². The zero-order valence-electron chi connectivity index (χ0n) is 17.6. The molecule has 0 heterocycles. The number of anilines is 1. The molecular formula is C24H26N2O3S. The van der Waals surface area contributed by atoms with E-state index >= 15 is 0 Å². The molecule has 30 heavy (non-hydrogen) atoms. The molecule has 0 saturated carbocycles. The number of aryl methyl sites for hydroxylation is 3. The van der Waals surface area contributed by atoms with Gasteiger partial charge in [0.05, 0.1) is 16.6 Å². The highest BCUT2D eigenvalue weighted by molar-refractivity contribution is 7.92. The number of hydrogen-bond donors (Lipinski definition) is 2. The topological polar surface area (TPSA) is 75.3 Å². The Morgan fingerprint density at radius 1 is 0.867 bits per heavy atom. The fourth-order valence-electron chi connectivity index (χ4n) is 3.31. The van der Waals surface area contributed by atoms with E-state index in [9.17, 15) is 13.2 Å². The second-order valence-corrected chi connectivity index (χ2v) is 9.19. The van der Waals surface area contributed by atoms with Gasteiger partial charge in [0.15, 0.2) is 0 Å². The number of sulfonamides is 1. The van der Waals surface area contributed by atoms with Crippen molar-refractivity contribution in [2.24, 2.45) is 0 Å². The van der Waals surface area contributed by atoms with E-state index in [1.54, 1.807) is 43.3 Å². The number of benzene rings is 3. The molecule has 3 rings (SSSR count). The summed E-state index contributed by atoms with van der Waals surface area (Å²) in [6.07, 6.45) is 0. The molecule has 0 radical (unpaired) electrons. The summed E-state index contributed by atoms with van der Waals surface area (Å²) in [5, 5.41) is 3.02. The molecule has 0 saturated heterocycles. The minimum Gasteiger partial charge on any atom is -0.346 e. The fraction of sp³-hybridized carbons (Fsp3) is 0.208. The van der Waals surface area contributed by atoms with Crippen molar-refractivity contribution in [1.29, 1.82) is 0 Å². The maximum atomic E-state index is 12.7. The first-order valence-electron chi connectivity index (χ1n) is 9.74. The van der Waals surface area contributed by atoms with Crippen LogP contribution < -0.4 is 10.0 Å². The SMILES string of the molecule is Cc1ccc(C)c([C@@H](C)NC(=O)c2ccc(NS(=O)(=O)c3ccccc3)c(C)c2)c1. The van der Waals surface area contributed by atoms with Crippen LogP contribution in [0, 0.1) is 20.8 Å². The third kappa shape index (κ3) is 4.89. The van der Waals surface area contributed by atoms with Crippen LogP contribution in [0.3, 0.4) is 0 Å². The van der Waals surface area contributed by atoms with Crippen molar-refractivity contribution in [1.82, 2.24) is 5.32 Å². The lowest BCUT2D eigenvalue weighted by Gasteiger charge is -2.18. The number of hydrogen-bond acceptors (Lipinski definition) is 3. The van der Waals surface area contributed by atoms with Crippen LogP contribution in [-0.4, -0.2) is 14.3 Å². The van der Waals surface area contributed by atoms with Crippen molar-refractivity contribution in [2.45, 2.75) is 38.6 Å². The van der Waals surface area contributed by atoms with E-state index in [1.807, 2.05) is 32.9 Å². The standard InChI is InChI=1S/C24H26N2O3S/c1-16-10-11-17(2)22(14-16)19(4)25-24(27)20-12-13-23(18(3)15-20)26-30(28,29)21-8-6-5-7-9-21/h5-15,19,26H,1-4H3,(H,25,27)/t19-/m1/s1. The van der Waals surface area contributed by atoms with Gasteiger partial charge in [-0.2, -0.15) is 0 Å².